The lowest BCUT2D eigenvalue weighted by Crippen LogP contribution is -2.06. The van der Waals surface area contributed by atoms with Gasteiger partial charge in [0.2, 0.25) is 0 Å². The highest BCUT2D eigenvalue weighted by Gasteiger charge is 2.11. The van der Waals surface area contributed by atoms with Crippen molar-refractivity contribution in [2.75, 3.05) is 13.4 Å². The predicted molar refractivity (Wildman–Crippen MR) is 71.7 cm³/mol. The van der Waals surface area contributed by atoms with Crippen molar-refractivity contribution in [3.05, 3.63) is 42.5 Å². The molecule has 0 aliphatic rings. The van der Waals surface area contributed by atoms with Crippen molar-refractivity contribution in [2.45, 2.75) is 4.90 Å². The topological polar surface area (TPSA) is 61.3 Å². The van der Waals surface area contributed by atoms with E-state index in [0.717, 1.165) is 16.0 Å². The van der Waals surface area contributed by atoms with Crippen LogP contribution in [0.5, 0.6) is 0 Å². The summed E-state index contributed by atoms with van der Waals surface area (Å²) < 4.78 is 0. The van der Waals surface area contributed by atoms with Crippen molar-refractivity contribution < 1.29 is 14.6 Å². The average molecular weight is 276 g/mol. The van der Waals surface area contributed by atoms with E-state index in [1.54, 1.807) is 36.4 Å². The van der Waals surface area contributed by atoms with Gasteiger partial charge in [-0.25, -0.2) is 9.78 Å². The number of aromatic nitrogens is 2. The van der Waals surface area contributed by atoms with Gasteiger partial charge in [0.25, 0.3) is 0 Å². The molecule has 0 aliphatic carbocycles. The monoisotopic (exact) mass is 276 g/mol. The van der Waals surface area contributed by atoms with Gasteiger partial charge >= 0.3 is 5.97 Å². The molecular formula is C13H12N2O3S. The summed E-state index contributed by atoms with van der Waals surface area (Å²) in [6, 6.07) is 5.45. The highest BCUT2D eigenvalue weighted by molar-refractivity contribution is 7.98. The third-order valence-electron chi connectivity index (χ3n) is 2.41. The molecule has 0 spiro atoms. The SMILES string of the molecule is COOC(=O)c1cc(-c2cncc(SC)c2)ccn1. The van der Waals surface area contributed by atoms with Crippen LogP contribution in [0, 0.1) is 0 Å². The molecular weight excluding hydrogens is 264 g/mol. The van der Waals surface area contributed by atoms with Gasteiger partial charge in [-0.15, -0.1) is 11.8 Å². The molecule has 0 unspecified atom stereocenters. The van der Waals surface area contributed by atoms with Crippen molar-refractivity contribution in [1.29, 1.82) is 0 Å². The van der Waals surface area contributed by atoms with Crippen LogP contribution in [-0.2, 0) is 9.78 Å². The Bertz CT molecular complexity index is 590. The molecule has 0 saturated heterocycles. The molecule has 0 atom stereocenters. The molecule has 0 fully saturated rings. The van der Waals surface area contributed by atoms with E-state index < -0.39 is 5.97 Å². The summed E-state index contributed by atoms with van der Waals surface area (Å²) in [4.78, 5) is 29.5. The molecule has 19 heavy (non-hydrogen) atoms. The quantitative estimate of drug-likeness (QED) is 0.486. The number of carbonyl (C=O) groups is 1. The van der Waals surface area contributed by atoms with E-state index in [1.165, 1.54) is 7.11 Å². The van der Waals surface area contributed by atoms with Gasteiger partial charge in [0, 0.05) is 29.0 Å². The van der Waals surface area contributed by atoms with Gasteiger partial charge in [0.05, 0.1) is 7.11 Å². The number of thioether (sulfide) groups is 1. The zero-order chi connectivity index (χ0) is 13.7. The van der Waals surface area contributed by atoms with E-state index in [1.807, 2.05) is 18.4 Å². The first-order valence-electron chi connectivity index (χ1n) is 5.45. The lowest BCUT2D eigenvalue weighted by Gasteiger charge is -2.04. The largest absolute Gasteiger partial charge is 0.391 e. The molecule has 0 N–H and O–H groups in total. The van der Waals surface area contributed by atoms with Gasteiger partial charge < -0.3 is 0 Å². The van der Waals surface area contributed by atoms with Gasteiger partial charge in [-0.2, -0.15) is 4.89 Å². The molecule has 98 valence electrons. The normalized spacial score (nSPS) is 10.2. The Hall–Kier alpha value is -1.92. The third kappa shape index (κ3) is 3.30. The van der Waals surface area contributed by atoms with E-state index in [9.17, 15) is 4.79 Å². The summed E-state index contributed by atoms with van der Waals surface area (Å²) in [5.41, 5.74) is 1.95. The van der Waals surface area contributed by atoms with Crippen molar-refractivity contribution in [3.8, 4) is 11.1 Å². The molecule has 0 bridgehead atoms. The molecule has 2 heterocycles. The summed E-state index contributed by atoms with van der Waals surface area (Å²) in [6.07, 6.45) is 7.05. The van der Waals surface area contributed by atoms with Gasteiger partial charge in [0.15, 0.2) is 5.69 Å². The maximum Gasteiger partial charge on any atom is 0.391 e. The summed E-state index contributed by atoms with van der Waals surface area (Å²) in [5.74, 6) is -0.627. The third-order valence-corrected chi connectivity index (χ3v) is 3.10. The van der Waals surface area contributed by atoms with Crippen LogP contribution in [-0.4, -0.2) is 29.3 Å². The number of hydrogen-bond donors (Lipinski definition) is 0. The Morgan fingerprint density at radius 2 is 2.11 bits per heavy atom. The smallest absolute Gasteiger partial charge is 0.291 e. The summed E-state index contributed by atoms with van der Waals surface area (Å²) in [7, 11) is 1.27. The zero-order valence-electron chi connectivity index (χ0n) is 10.5. The predicted octanol–water partition coefficient (Wildman–Crippen LogP) is 2.58. The lowest BCUT2D eigenvalue weighted by molar-refractivity contribution is -0.216. The molecule has 0 aliphatic heterocycles. The van der Waals surface area contributed by atoms with Gasteiger partial charge in [-0.05, 0) is 30.0 Å². The Balaban J connectivity index is 2.34. The fraction of sp³-hybridized carbons (Fsp3) is 0.154. The Morgan fingerprint density at radius 1 is 1.26 bits per heavy atom. The van der Waals surface area contributed by atoms with Crippen molar-refractivity contribution >= 4 is 17.7 Å². The Morgan fingerprint density at radius 3 is 2.84 bits per heavy atom. The summed E-state index contributed by atoms with van der Waals surface area (Å²) in [6.45, 7) is 0. The minimum absolute atomic E-state index is 0.189. The molecule has 2 rings (SSSR count). The van der Waals surface area contributed by atoms with Crippen LogP contribution in [0.15, 0.2) is 41.7 Å². The molecule has 2 aromatic rings. The van der Waals surface area contributed by atoms with E-state index in [0.29, 0.717) is 0 Å². The van der Waals surface area contributed by atoms with E-state index >= 15 is 0 Å². The van der Waals surface area contributed by atoms with Crippen LogP contribution >= 0.6 is 11.8 Å². The summed E-state index contributed by atoms with van der Waals surface area (Å²) >= 11 is 1.61. The second kappa shape index (κ2) is 6.31. The zero-order valence-corrected chi connectivity index (χ0v) is 11.3. The Labute approximate surface area is 114 Å². The number of nitrogens with zero attached hydrogens (tertiary/aromatic N) is 2. The second-order valence-corrected chi connectivity index (χ2v) is 4.46. The van der Waals surface area contributed by atoms with E-state index in [-0.39, 0.29) is 5.69 Å². The van der Waals surface area contributed by atoms with Crippen molar-refractivity contribution in [1.82, 2.24) is 9.97 Å². The van der Waals surface area contributed by atoms with Crippen LogP contribution in [0.2, 0.25) is 0 Å². The first-order chi connectivity index (χ1) is 9.24. The summed E-state index contributed by atoms with van der Waals surface area (Å²) in [5, 5.41) is 0. The van der Waals surface area contributed by atoms with Crippen LogP contribution in [0.1, 0.15) is 10.5 Å². The standard InChI is InChI=1S/C13H12N2O3S/c1-17-18-13(16)12-6-9(3-4-15-12)10-5-11(19-2)8-14-7-10/h3-8H,1-2H3. The van der Waals surface area contributed by atoms with E-state index in [4.69, 9.17) is 0 Å². The second-order valence-electron chi connectivity index (χ2n) is 3.58. The van der Waals surface area contributed by atoms with Crippen molar-refractivity contribution in [2.24, 2.45) is 0 Å². The van der Waals surface area contributed by atoms with Gasteiger partial charge in [-0.1, -0.05) is 0 Å². The highest BCUT2D eigenvalue weighted by atomic mass is 32.2. The van der Waals surface area contributed by atoms with Crippen LogP contribution in [0.4, 0.5) is 0 Å². The highest BCUT2D eigenvalue weighted by Crippen LogP contribution is 2.23. The average Bonchev–Trinajstić information content (AvgIpc) is 2.48. The maximum atomic E-state index is 11.5. The number of rotatable bonds is 4. The molecule has 6 heteroatoms. The maximum absolute atomic E-state index is 11.5. The number of carbonyl (C=O) groups excluding carboxylic acids is 1. The molecule has 0 aromatic carbocycles. The van der Waals surface area contributed by atoms with Gasteiger partial charge in [0.1, 0.15) is 0 Å². The fourth-order valence-corrected chi connectivity index (χ4v) is 1.94. The minimum Gasteiger partial charge on any atom is -0.291 e. The molecule has 0 amide bonds. The number of hydrogen-bond acceptors (Lipinski definition) is 6. The minimum atomic E-state index is -0.627. The molecule has 5 nitrogen and oxygen atoms in total. The van der Waals surface area contributed by atoms with Crippen LogP contribution in [0.3, 0.4) is 0 Å². The molecule has 0 saturated carbocycles. The fourth-order valence-electron chi connectivity index (χ4n) is 1.53. The Kier molecular flexibility index (Phi) is 4.48. The van der Waals surface area contributed by atoms with Crippen molar-refractivity contribution in [3.63, 3.8) is 0 Å². The number of pyridine rings is 2. The van der Waals surface area contributed by atoms with Gasteiger partial charge in [-0.3, -0.25) is 9.87 Å². The van der Waals surface area contributed by atoms with Crippen LogP contribution < -0.4 is 0 Å². The lowest BCUT2D eigenvalue weighted by atomic mass is 10.1. The first kappa shape index (κ1) is 13.5. The van der Waals surface area contributed by atoms with E-state index in [2.05, 4.69) is 19.7 Å². The molecule has 2 aromatic heterocycles. The molecule has 0 radical (unpaired) electrons. The first-order valence-corrected chi connectivity index (χ1v) is 6.67. The van der Waals surface area contributed by atoms with Crippen LogP contribution in [0.25, 0.3) is 11.1 Å².